The van der Waals surface area contributed by atoms with Gasteiger partial charge in [0.25, 0.3) is 0 Å². The summed E-state index contributed by atoms with van der Waals surface area (Å²) < 4.78 is 6.00. The van der Waals surface area contributed by atoms with Gasteiger partial charge in [0.1, 0.15) is 0 Å². The molecule has 0 aromatic rings. The summed E-state index contributed by atoms with van der Waals surface area (Å²) in [6.45, 7) is 2.09. The Morgan fingerprint density at radius 3 is 2.22 bits per heavy atom. The predicted molar refractivity (Wildman–Crippen MR) is 68.2 cm³/mol. The van der Waals surface area contributed by atoms with E-state index in [4.69, 9.17) is 9.84 Å². The molecule has 0 heterocycles. The van der Waals surface area contributed by atoms with E-state index in [2.05, 4.69) is 0 Å². The zero-order valence-electron chi connectivity index (χ0n) is 11.0. The van der Waals surface area contributed by atoms with Crippen LogP contribution >= 0.6 is 0 Å². The first kappa shape index (κ1) is 12.2. The molecule has 4 aliphatic carbocycles. The number of carboxylic acids is 1. The second kappa shape index (κ2) is 4.69. The molecule has 1 N–H and O–H groups in total. The van der Waals surface area contributed by atoms with Crippen molar-refractivity contribution in [3.05, 3.63) is 11.6 Å². The van der Waals surface area contributed by atoms with Gasteiger partial charge >= 0.3 is 5.97 Å². The third-order valence-electron chi connectivity index (χ3n) is 5.16. The highest BCUT2D eigenvalue weighted by Gasteiger charge is 2.48. The Kier molecular flexibility index (Phi) is 3.18. The Hall–Kier alpha value is -0.830. The smallest absolute Gasteiger partial charge is 0.331 e. The molecule has 0 atom stereocenters. The molecule has 4 bridgehead atoms. The number of hydrogen-bond acceptors (Lipinski definition) is 2. The lowest BCUT2D eigenvalue weighted by atomic mass is 9.55. The molecule has 4 saturated carbocycles. The van der Waals surface area contributed by atoms with Crippen LogP contribution < -0.4 is 0 Å². The normalized spacial score (nSPS) is 42.3. The fraction of sp³-hybridized carbons (Fsp3) is 0.800. The molecule has 4 rings (SSSR count). The van der Waals surface area contributed by atoms with Crippen molar-refractivity contribution < 1.29 is 14.6 Å². The monoisotopic (exact) mass is 250 g/mol. The Morgan fingerprint density at radius 2 is 1.72 bits per heavy atom. The Bertz CT molecular complexity index is 344. The summed E-state index contributed by atoms with van der Waals surface area (Å²) in [5.41, 5.74) is 0.388. The molecule has 0 aromatic heterocycles. The Labute approximate surface area is 108 Å². The van der Waals surface area contributed by atoms with Gasteiger partial charge in [0, 0.05) is 5.57 Å². The van der Waals surface area contributed by atoms with E-state index in [-0.39, 0.29) is 0 Å². The molecule has 0 unspecified atom stereocenters. The average molecular weight is 250 g/mol. The summed E-state index contributed by atoms with van der Waals surface area (Å²) in [5, 5.41) is 8.80. The van der Waals surface area contributed by atoms with Gasteiger partial charge in [-0.05, 0) is 68.8 Å². The van der Waals surface area contributed by atoms with Gasteiger partial charge in [-0.1, -0.05) is 0 Å². The van der Waals surface area contributed by atoms with Crippen LogP contribution in [0.5, 0.6) is 0 Å². The number of hydrogen-bond donors (Lipinski definition) is 1. The van der Waals surface area contributed by atoms with Crippen LogP contribution in [0.2, 0.25) is 0 Å². The van der Waals surface area contributed by atoms with Crippen LogP contribution in [-0.4, -0.2) is 23.8 Å². The molecule has 0 amide bonds. The van der Waals surface area contributed by atoms with Gasteiger partial charge in [0.2, 0.25) is 0 Å². The van der Waals surface area contributed by atoms with Gasteiger partial charge in [-0.3, -0.25) is 0 Å². The van der Waals surface area contributed by atoms with Crippen molar-refractivity contribution in [1.82, 2.24) is 0 Å². The molecule has 4 fully saturated rings. The highest BCUT2D eigenvalue weighted by molar-refractivity contribution is 5.85. The van der Waals surface area contributed by atoms with Crippen LogP contribution in [-0.2, 0) is 9.53 Å². The van der Waals surface area contributed by atoms with Crippen LogP contribution in [0.4, 0.5) is 0 Å². The maximum Gasteiger partial charge on any atom is 0.331 e. The molecule has 0 spiro atoms. The highest BCUT2D eigenvalue weighted by Crippen LogP contribution is 2.54. The molecule has 3 nitrogen and oxygen atoms in total. The molecule has 0 aromatic carbocycles. The van der Waals surface area contributed by atoms with Crippen LogP contribution in [0.25, 0.3) is 0 Å². The Morgan fingerprint density at radius 1 is 1.17 bits per heavy atom. The predicted octanol–water partition coefficient (Wildman–Crippen LogP) is 2.86. The van der Waals surface area contributed by atoms with Gasteiger partial charge in [-0.25, -0.2) is 4.79 Å². The second-order valence-corrected chi connectivity index (χ2v) is 6.42. The zero-order chi connectivity index (χ0) is 12.7. The average Bonchev–Trinajstić information content (AvgIpc) is 2.31. The van der Waals surface area contributed by atoms with Crippen molar-refractivity contribution in [3.63, 3.8) is 0 Å². The second-order valence-electron chi connectivity index (χ2n) is 6.42. The van der Waals surface area contributed by atoms with E-state index in [1.807, 2.05) is 0 Å². The van der Waals surface area contributed by atoms with E-state index in [0.29, 0.717) is 18.3 Å². The maximum absolute atomic E-state index is 10.7. The molecule has 18 heavy (non-hydrogen) atoms. The summed E-state index contributed by atoms with van der Waals surface area (Å²) in [7, 11) is 0. The largest absolute Gasteiger partial charge is 0.478 e. The van der Waals surface area contributed by atoms with Gasteiger partial charge in [0.05, 0.1) is 12.7 Å². The first-order chi connectivity index (χ1) is 8.63. The van der Waals surface area contributed by atoms with Gasteiger partial charge < -0.3 is 9.84 Å². The van der Waals surface area contributed by atoms with Gasteiger partial charge in [0.15, 0.2) is 0 Å². The third kappa shape index (κ3) is 2.20. The standard InChI is InChI=1S/C15H22O3/c1-9(15(16)17)2-3-18-14-12-5-10-4-11(7-12)8-13(14)6-10/h2,10-14H,3-8H2,1H3,(H,16,17)/b9-2+. The number of carbonyl (C=O) groups is 1. The maximum atomic E-state index is 10.7. The van der Waals surface area contributed by atoms with E-state index in [0.717, 1.165) is 23.7 Å². The van der Waals surface area contributed by atoms with Crippen LogP contribution in [0, 0.1) is 23.7 Å². The van der Waals surface area contributed by atoms with Crippen molar-refractivity contribution in [2.45, 2.75) is 45.1 Å². The minimum Gasteiger partial charge on any atom is -0.478 e. The fourth-order valence-electron chi connectivity index (χ4n) is 4.52. The lowest BCUT2D eigenvalue weighted by molar-refractivity contribution is -0.132. The molecular weight excluding hydrogens is 228 g/mol. The topological polar surface area (TPSA) is 46.5 Å². The summed E-state index contributed by atoms with van der Waals surface area (Å²) in [4.78, 5) is 10.7. The number of carboxylic acid groups (broad SMARTS) is 1. The first-order valence-electron chi connectivity index (χ1n) is 7.15. The summed E-state index contributed by atoms with van der Waals surface area (Å²) in [6.07, 6.45) is 8.94. The number of rotatable bonds is 4. The van der Waals surface area contributed by atoms with Crippen LogP contribution in [0.3, 0.4) is 0 Å². The lowest BCUT2D eigenvalue weighted by Crippen LogP contribution is -2.49. The van der Waals surface area contributed by atoms with Crippen molar-refractivity contribution in [2.75, 3.05) is 6.61 Å². The number of aliphatic carboxylic acids is 1. The minimum absolute atomic E-state index is 0.388. The van der Waals surface area contributed by atoms with E-state index >= 15 is 0 Å². The zero-order valence-corrected chi connectivity index (χ0v) is 11.0. The number of ether oxygens (including phenoxy) is 1. The van der Waals surface area contributed by atoms with Crippen molar-refractivity contribution in [2.24, 2.45) is 23.7 Å². The minimum atomic E-state index is -0.844. The fourth-order valence-corrected chi connectivity index (χ4v) is 4.52. The van der Waals surface area contributed by atoms with E-state index in [1.54, 1.807) is 13.0 Å². The molecule has 100 valence electrons. The third-order valence-corrected chi connectivity index (χ3v) is 5.16. The van der Waals surface area contributed by atoms with Crippen molar-refractivity contribution in [3.8, 4) is 0 Å². The van der Waals surface area contributed by atoms with E-state index < -0.39 is 5.97 Å². The molecular formula is C15H22O3. The molecule has 3 heteroatoms. The van der Waals surface area contributed by atoms with E-state index in [1.165, 1.54) is 32.1 Å². The quantitative estimate of drug-likeness (QED) is 0.780. The van der Waals surface area contributed by atoms with Crippen LogP contribution in [0.15, 0.2) is 11.6 Å². The molecule has 4 aliphatic rings. The van der Waals surface area contributed by atoms with Crippen molar-refractivity contribution in [1.29, 1.82) is 0 Å². The lowest BCUT2D eigenvalue weighted by Gasteiger charge is -2.53. The molecule has 0 saturated heterocycles. The summed E-state index contributed by atoms with van der Waals surface area (Å²) >= 11 is 0. The summed E-state index contributed by atoms with van der Waals surface area (Å²) in [6, 6.07) is 0. The van der Waals surface area contributed by atoms with E-state index in [9.17, 15) is 4.79 Å². The van der Waals surface area contributed by atoms with Crippen LogP contribution in [0.1, 0.15) is 39.0 Å². The highest BCUT2D eigenvalue weighted by atomic mass is 16.5. The SMILES string of the molecule is C/C(=C\COC1C2CC3CC(C2)CC1C3)C(=O)O. The first-order valence-corrected chi connectivity index (χ1v) is 7.15. The Balaban J connectivity index is 1.57. The van der Waals surface area contributed by atoms with Gasteiger partial charge in [-0.2, -0.15) is 0 Å². The molecule has 0 radical (unpaired) electrons. The van der Waals surface area contributed by atoms with Gasteiger partial charge in [-0.15, -0.1) is 0 Å². The molecule has 0 aliphatic heterocycles. The van der Waals surface area contributed by atoms with Crippen molar-refractivity contribution >= 4 is 5.97 Å². The summed E-state index contributed by atoms with van der Waals surface area (Å²) in [5.74, 6) is 2.58.